The van der Waals surface area contributed by atoms with Gasteiger partial charge in [-0.05, 0) is 268 Å². The van der Waals surface area contributed by atoms with Crippen molar-refractivity contribution in [1.82, 2.24) is 0 Å². The third-order valence-corrected chi connectivity index (χ3v) is 25.8. The fourth-order valence-electron chi connectivity index (χ4n) is 20.5. The second-order valence-corrected chi connectivity index (χ2v) is 32.0. The lowest BCUT2D eigenvalue weighted by molar-refractivity contribution is 0.435. The van der Waals surface area contributed by atoms with Crippen LogP contribution in [0, 0.1) is 0 Å². The summed E-state index contributed by atoms with van der Waals surface area (Å²) in [5.74, 6) is 4.97. The molecule has 8 aliphatic carbocycles. The summed E-state index contributed by atoms with van der Waals surface area (Å²) in [7, 11) is 0. The zero-order chi connectivity index (χ0) is 61.6. The molecule has 0 radical (unpaired) electrons. The summed E-state index contributed by atoms with van der Waals surface area (Å²) in [6, 6.07) is 51.4. The summed E-state index contributed by atoms with van der Waals surface area (Å²) >= 11 is 0. The molecule has 8 aliphatic rings. The highest BCUT2D eigenvalue weighted by atomic mass is 15.2. The Bertz CT molecular complexity index is 3260. The predicted octanol–water partition coefficient (Wildman–Crippen LogP) is 28.7. The van der Waals surface area contributed by atoms with E-state index in [1.54, 1.807) is 44.5 Å². The van der Waals surface area contributed by atoms with Crippen LogP contribution < -0.4 is 9.80 Å². The van der Waals surface area contributed by atoms with E-state index in [-0.39, 0.29) is 0 Å². The topological polar surface area (TPSA) is 6.48 Å². The van der Waals surface area contributed by atoms with Crippen LogP contribution in [0.1, 0.15) is 374 Å². The number of fused-ring (bicyclic) bond motifs is 2. The van der Waals surface area contributed by atoms with E-state index < -0.39 is 0 Å². The minimum Gasteiger partial charge on any atom is -0.309 e. The molecular weight excluding hydrogens is 1110 g/mol. The molecule has 7 aromatic rings. The molecule has 8 fully saturated rings. The van der Waals surface area contributed by atoms with Gasteiger partial charge in [-0.1, -0.05) is 228 Å². The molecule has 0 aromatic heterocycles. The number of hydrogen-bond donors (Lipinski definition) is 0. The maximum atomic E-state index is 2.97. The van der Waals surface area contributed by atoms with Crippen LogP contribution in [0.4, 0.5) is 34.1 Å². The Labute approximate surface area is 557 Å². The molecule has 0 N–H and O–H groups in total. The van der Waals surface area contributed by atoms with Crippen molar-refractivity contribution in [3.63, 3.8) is 0 Å². The Kier molecular flexibility index (Phi) is 20.3. The molecule has 486 valence electrons. The second kappa shape index (κ2) is 29.7. The van der Waals surface area contributed by atoms with Crippen LogP contribution in [-0.4, -0.2) is 0 Å². The van der Waals surface area contributed by atoms with Gasteiger partial charge >= 0.3 is 0 Å². The van der Waals surface area contributed by atoms with Gasteiger partial charge in [0.25, 0.3) is 0 Å². The van der Waals surface area contributed by atoms with E-state index in [9.17, 15) is 0 Å². The van der Waals surface area contributed by atoms with E-state index in [2.05, 4.69) is 132 Å². The molecule has 0 atom stereocenters. The van der Waals surface area contributed by atoms with Gasteiger partial charge in [0.2, 0.25) is 0 Å². The number of aryl methyl sites for hydroxylation is 1. The smallest absolute Gasteiger partial charge is 0.0620 e. The first-order valence-corrected chi connectivity index (χ1v) is 39.7. The monoisotopic (exact) mass is 1220 g/mol. The van der Waals surface area contributed by atoms with Gasteiger partial charge in [-0.2, -0.15) is 0 Å². The number of unbranched alkanes of at least 4 members (excludes halogenated alkanes) is 1. The number of anilines is 6. The number of hydrogen-bond acceptors (Lipinski definition) is 2. The average Bonchev–Trinajstić information content (AvgIpc) is 0.721. The third-order valence-electron chi connectivity index (χ3n) is 25.8. The van der Waals surface area contributed by atoms with Crippen molar-refractivity contribution in [2.75, 3.05) is 9.80 Å². The number of rotatable bonds is 17. The molecule has 0 saturated heterocycles. The van der Waals surface area contributed by atoms with Gasteiger partial charge in [0.05, 0.1) is 11.4 Å². The van der Waals surface area contributed by atoms with Crippen LogP contribution in [0.15, 0.2) is 115 Å². The summed E-state index contributed by atoms with van der Waals surface area (Å²) < 4.78 is 0. The van der Waals surface area contributed by atoms with Crippen molar-refractivity contribution in [3.8, 4) is 0 Å². The van der Waals surface area contributed by atoms with Gasteiger partial charge < -0.3 is 9.80 Å². The summed E-state index contributed by atoms with van der Waals surface area (Å²) in [4.78, 5) is 5.92. The normalized spacial score (nSPS) is 21.3. The molecule has 0 amide bonds. The Hall–Kier alpha value is -5.34. The number of benzene rings is 7. The van der Waals surface area contributed by atoms with Crippen LogP contribution in [0.25, 0.3) is 21.5 Å². The van der Waals surface area contributed by atoms with Gasteiger partial charge in [-0.25, -0.2) is 0 Å². The highest BCUT2D eigenvalue weighted by Crippen LogP contribution is 2.56. The fourth-order valence-corrected chi connectivity index (χ4v) is 20.5. The summed E-state index contributed by atoms with van der Waals surface area (Å²) in [6.45, 7) is 2.40. The van der Waals surface area contributed by atoms with Gasteiger partial charge in [-0.15, -0.1) is 0 Å². The molecule has 0 aliphatic heterocycles. The van der Waals surface area contributed by atoms with Crippen molar-refractivity contribution in [2.45, 2.75) is 330 Å². The maximum Gasteiger partial charge on any atom is 0.0620 e. The average molecular weight is 1230 g/mol. The predicted molar refractivity (Wildman–Crippen MR) is 396 cm³/mol. The lowest BCUT2D eigenvalue weighted by Crippen LogP contribution is -2.18. The standard InChI is InChI=1S/C90H116N2/c1-2-3-30-64-49-50-87-88(51-64)90(92(83-60-77(69-39-20-8-21-40-69)54-78(61-83)70-41-22-9-23-42-70)84-62-79(71-43-24-10-25-44-71)55-80(63-84)72-45-26-11-27-46-72)86-48-29-28-47-85(86)89(87)91(81-56-73(65-31-12-4-13-32-65)52-74(57-81)66-33-14-5-15-34-66)82-58-75(67-35-16-6-17-36-67)53-76(59-82)68-37-18-7-19-38-68/h28-29,47-63,65-72H,2-27,30-46H2,1H3. The van der Waals surface area contributed by atoms with Crippen LogP contribution in [0.5, 0.6) is 0 Å². The molecule has 0 unspecified atom stereocenters. The van der Waals surface area contributed by atoms with Crippen molar-refractivity contribution < 1.29 is 0 Å². The first-order chi connectivity index (χ1) is 45.6. The molecule has 2 heteroatoms. The molecule has 0 heterocycles. The van der Waals surface area contributed by atoms with Crippen molar-refractivity contribution in [2.24, 2.45) is 0 Å². The van der Waals surface area contributed by atoms with Gasteiger partial charge in [-0.3, -0.25) is 0 Å². The lowest BCUT2D eigenvalue weighted by atomic mass is 9.79. The molecular formula is C90H116N2. The molecule has 0 bridgehead atoms. The zero-order valence-corrected chi connectivity index (χ0v) is 57.4. The Balaban J connectivity index is 1.04. The summed E-state index contributed by atoms with van der Waals surface area (Å²) in [6.07, 6.45) is 57.5. The van der Waals surface area contributed by atoms with E-state index >= 15 is 0 Å². The minimum atomic E-state index is 0.620. The van der Waals surface area contributed by atoms with Gasteiger partial charge in [0.1, 0.15) is 0 Å². The SMILES string of the molecule is CCCCc1ccc2c(N(c3cc(C4CCCCC4)cc(C4CCCCC4)c3)c3cc(C4CCCCC4)cc(C4CCCCC4)c3)c3ccccc3c(N(c3cc(C4CCCCC4)cc(C4CCCCC4)c3)c3cc(C4CCCCC4)cc(C4CCCCC4)c3)c2c1. The third kappa shape index (κ3) is 13.9. The zero-order valence-electron chi connectivity index (χ0n) is 57.4. The van der Waals surface area contributed by atoms with Crippen molar-refractivity contribution in [3.05, 3.63) is 165 Å². The van der Waals surface area contributed by atoms with Gasteiger partial charge in [0, 0.05) is 44.3 Å². The van der Waals surface area contributed by atoms with E-state index in [1.807, 2.05) is 0 Å². The number of nitrogens with zero attached hydrogens (tertiary/aromatic N) is 2. The van der Waals surface area contributed by atoms with Crippen LogP contribution in [0.2, 0.25) is 0 Å². The lowest BCUT2D eigenvalue weighted by Gasteiger charge is -2.36. The molecule has 15 rings (SSSR count). The second-order valence-electron chi connectivity index (χ2n) is 32.0. The summed E-state index contributed by atoms with van der Waals surface area (Å²) in [5, 5.41) is 5.66. The van der Waals surface area contributed by atoms with Crippen molar-refractivity contribution >= 4 is 55.7 Å². The first kappa shape index (κ1) is 62.8. The Morgan fingerprint density at radius 1 is 0.250 bits per heavy atom. The molecule has 8 saturated carbocycles. The van der Waals surface area contributed by atoms with Crippen LogP contribution in [0.3, 0.4) is 0 Å². The quantitative estimate of drug-likeness (QED) is 0.0662. The molecule has 7 aromatic carbocycles. The van der Waals surface area contributed by atoms with E-state index in [0.29, 0.717) is 47.3 Å². The maximum absolute atomic E-state index is 2.97. The van der Waals surface area contributed by atoms with Crippen LogP contribution in [-0.2, 0) is 6.42 Å². The van der Waals surface area contributed by atoms with E-state index in [1.165, 1.54) is 331 Å². The van der Waals surface area contributed by atoms with E-state index in [0.717, 1.165) is 6.42 Å². The van der Waals surface area contributed by atoms with Gasteiger partial charge in [0.15, 0.2) is 0 Å². The van der Waals surface area contributed by atoms with Crippen LogP contribution >= 0.6 is 0 Å². The molecule has 92 heavy (non-hydrogen) atoms. The minimum absolute atomic E-state index is 0.620. The molecule has 0 spiro atoms. The van der Waals surface area contributed by atoms with Crippen molar-refractivity contribution in [1.29, 1.82) is 0 Å². The highest BCUT2D eigenvalue weighted by molar-refractivity contribution is 6.23. The molecule has 2 nitrogen and oxygen atoms in total. The Morgan fingerprint density at radius 2 is 0.478 bits per heavy atom. The highest BCUT2D eigenvalue weighted by Gasteiger charge is 2.33. The first-order valence-electron chi connectivity index (χ1n) is 39.7. The van der Waals surface area contributed by atoms with E-state index in [4.69, 9.17) is 0 Å². The summed E-state index contributed by atoms with van der Waals surface area (Å²) in [5.41, 5.74) is 23.0. The fraction of sp³-hybridized carbons (Fsp3) is 0.578. The Morgan fingerprint density at radius 3 is 0.717 bits per heavy atom. The largest absolute Gasteiger partial charge is 0.309 e.